The van der Waals surface area contributed by atoms with Gasteiger partial charge in [0.1, 0.15) is 11.8 Å². The molecule has 2 atom stereocenters. The summed E-state index contributed by atoms with van der Waals surface area (Å²) in [6.07, 6.45) is 5.61. The fourth-order valence-electron chi connectivity index (χ4n) is 1.72. The van der Waals surface area contributed by atoms with Crippen molar-refractivity contribution in [1.29, 1.82) is 0 Å². The summed E-state index contributed by atoms with van der Waals surface area (Å²) in [5.41, 5.74) is 0.692. The molecule has 112 valence electrons. The fraction of sp³-hybridized carbons (Fsp3) is 0.333. The first-order valence-corrected chi connectivity index (χ1v) is 6.43. The smallest absolute Gasteiger partial charge is 0.326 e. The minimum Gasteiger partial charge on any atom is -0.508 e. The fourth-order valence-corrected chi connectivity index (χ4v) is 1.72. The molecule has 2 amide bonds. The number of aliphatic carboxylic acids is 1. The van der Waals surface area contributed by atoms with Crippen LogP contribution in [0, 0.1) is 12.3 Å². The van der Waals surface area contributed by atoms with Crippen molar-refractivity contribution in [1.82, 2.24) is 10.6 Å². The highest BCUT2D eigenvalue weighted by molar-refractivity contribution is 5.82. The van der Waals surface area contributed by atoms with Gasteiger partial charge in [0.2, 0.25) is 0 Å². The SMILES string of the molecule is C#CCC(C)NC(=O)NC(Cc1ccc(O)cc1)C(=O)O. The van der Waals surface area contributed by atoms with E-state index in [-0.39, 0.29) is 18.2 Å². The number of phenols is 1. The number of terminal acetylenes is 1. The number of carboxylic acids is 1. The van der Waals surface area contributed by atoms with Gasteiger partial charge in [0.15, 0.2) is 0 Å². The normalized spacial score (nSPS) is 12.8. The van der Waals surface area contributed by atoms with E-state index in [4.69, 9.17) is 11.5 Å². The Morgan fingerprint density at radius 1 is 1.29 bits per heavy atom. The topological polar surface area (TPSA) is 98.7 Å². The number of hydrogen-bond donors (Lipinski definition) is 4. The molecule has 6 heteroatoms. The maximum atomic E-state index is 11.7. The van der Waals surface area contributed by atoms with E-state index in [1.807, 2.05) is 0 Å². The Morgan fingerprint density at radius 2 is 1.90 bits per heavy atom. The van der Waals surface area contributed by atoms with Crippen LogP contribution in [-0.4, -0.2) is 34.3 Å². The van der Waals surface area contributed by atoms with Gasteiger partial charge in [-0.3, -0.25) is 0 Å². The first kappa shape index (κ1) is 16.4. The number of carbonyl (C=O) groups excluding carboxylic acids is 1. The van der Waals surface area contributed by atoms with Crippen molar-refractivity contribution in [3.63, 3.8) is 0 Å². The largest absolute Gasteiger partial charge is 0.508 e. The predicted octanol–water partition coefficient (Wildman–Crippen LogP) is 1.10. The summed E-state index contributed by atoms with van der Waals surface area (Å²) in [7, 11) is 0. The summed E-state index contributed by atoms with van der Waals surface area (Å²) in [6, 6.07) is 4.25. The van der Waals surface area contributed by atoms with Crippen LogP contribution in [0.15, 0.2) is 24.3 Å². The van der Waals surface area contributed by atoms with E-state index in [0.717, 1.165) is 0 Å². The molecule has 0 spiro atoms. The molecular weight excluding hydrogens is 272 g/mol. The summed E-state index contributed by atoms with van der Waals surface area (Å²) in [5.74, 6) is 1.37. The Hall–Kier alpha value is -2.68. The van der Waals surface area contributed by atoms with Crippen LogP contribution in [0.4, 0.5) is 4.79 Å². The van der Waals surface area contributed by atoms with E-state index in [1.54, 1.807) is 19.1 Å². The average molecular weight is 290 g/mol. The number of phenolic OH excluding ortho intramolecular Hbond substituents is 1. The van der Waals surface area contributed by atoms with E-state index < -0.39 is 18.0 Å². The Labute approximate surface area is 123 Å². The lowest BCUT2D eigenvalue weighted by atomic mass is 10.1. The van der Waals surface area contributed by atoms with Gasteiger partial charge in [-0.25, -0.2) is 9.59 Å². The minimum atomic E-state index is -1.14. The van der Waals surface area contributed by atoms with Crippen molar-refractivity contribution in [2.24, 2.45) is 0 Å². The Bertz CT molecular complexity index is 534. The van der Waals surface area contributed by atoms with Gasteiger partial charge >= 0.3 is 12.0 Å². The molecule has 0 saturated heterocycles. The van der Waals surface area contributed by atoms with E-state index in [2.05, 4.69) is 16.6 Å². The van der Waals surface area contributed by atoms with Gasteiger partial charge in [-0.15, -0.1) is 12.3 Å². The van der Waals surface area contributed by atoms with Crippen LogP contribution < -0.4 is 10.6 Å². The lowest BCUT2D eigenvalue weighted by Crippen LogP contribution is -2.49. The van der Waals surface area contributed by atoms with Gasteiger partial charge in [-0.05, 0) is 24.6 Å². The van der Waals surface area contributed by atoms with E-state index in [9.17, 15) is 14.7 Å². The number of carboxylic acid groups (broad SMARTS) is 1. The van der Waals surface area contributed by atoms with Crippen LogP contribution >= 0.6 is 0 Å². The number of rotatable bonds is 6. The number of aromatic hydroxyl groups is 1. The van der Waals surface area contributed by atoms with Crippen LogP contribution in [0.2, 0.25) is 0 Å². The molecule has 0 saturated carbocycles. The molecule has 2 unspecified atom stereocenters. The van der Waals surface area contributed by atoms with Gasteiger partial charge in [0, 0.05) is 18.9 Å². The third-order valence-electron chi connectivity index (χ3n) is 2.78. The Kier molecular flexibility index (Phi) is 6.08. The molecule has 0 heterocycles. The van der Waals surface area contributed by atoms with E-state index >= 15 is 0 Å². The second-order valence-corrected chi connectivity index (χ2v) is 4.69. The molecule has 0 radical (unpaired) electrons. The summed E-state index contributed by atoms with van der Waals surface area (Å²) in [6.45, 7) is 1.73. The van der Waals surface area contributed by atoms with Crippen LogP contribution in [-0.2, 0) is 11.2 Å². The molecule has 0 aliphatic rings. The quantitative estimate of drug-likeness (QED) is 0.590. The zero-order valence-corrected chi connectivity index (χ0v) is 11.7. The molecule has 0 aliphatic carbocycles. The van der Waals surface area contributed by atoms with Crippen LogP contribution in [0.5, 0.6) is 5.75 Å². The van der Waals surface area contributed by atoms with Crippen LogP contribution in [0.25, 0.3) is 0 Å². The first-order valence-electron chi connectivity index (χ1n) is 6.43. The molecule has 1 rings (SSSR count). The second-order valence-electron chi connectivity index (χ2n) is 4.69. The van der Waals surface area contributed by atoms with Crippen LogP contribution in [0.1, 0.15) is 18.9 Å². The maximum absolute atomic E-state index is 11.7. The first-order chi connectivity index (χ1) is 9.92. The summed E-state index contributed by atoms with van der Waals surface area (Å²) >= 11 is 0. The van der Waals surface area contributed by atoms with Crippen molar-refractivity contribution in [3.05, 3.63) is 29.8 Å². The van der Waals surface area contributed by atoms with Gasteiger partial charge in [-0.1, -0.05) is 12.1 Å². The molecule has 0 aliphatic heterocycles. The molecular formula is C15H18N2O4. The lowest BCUT2D eigenvalue weighted by Gasteiger charge is -2.17. The monoisotopic (exact) mass is 290 g/mol. The van der Waals surface area contributed by atoms with Crippen LogP contribution in [0.3, 0.4) is 0 Å². The van der Waals surface area contributed by atoms with E-state index in [0.29, 0.717) is 12.0 Å². The van der Waals surface area contributed by atoms with Gasteiger partial charge in [0.25, 0.3) is 0 Å². The Balaban J connectivity index is 2.62. The minimum absolute atomic E-state index is 0.0967. The number of carbonyl (C=O) groups is 2. The molecule has 1 aromatic rings. The zero-order valence-electron chi connectivity index (χ0n) is 11.7. The molecule has 21 heavy (non-hydrogen) atoms. The number of hydrogen-bond acceptors (Lipinski definition) is 3. The summed E-state index contributed by atoms with van der Waals surface area (Å²) in [5, 5.41) is 23.3. The summed E-state index contributed by atoms with van der Waals surface area (Å²) < 4.78 is 0. The number of benzene rings is 1. The third kappa shape index (κ3) is 5.87. The maximum Gasteiger partial charge on any atom is 0.326 e. The van der Waals surface area contributed by atoms with E-state index in [1.165, 1.54) is 12.1 Å². The number of amides is 2. The highest BCUT2D eigenvalue weighted by Crippen LogP contribution is 2.11. The predicted molar refractivity (Wildman–Crippen MR) is 77.8 cm³/mol. The molecule has 0 bridgehead atoms. The number of nitrogens with one attached hydrogen (secondary N) is 2. The van der Waals surface area contributed by atoms with Crippen molar-refractivity contribution >= 4 is 12.0 Å². The third-order valence-corrected chi connectivity index (χ3v) is 2.78. The number of urea groups is 1. The van der Waals surface area contributed by atoms with Crippen molar-refractivity contribution in [2.45, 2.75) is 31.8 Å². The van der Waals surface area contributed by atoms with Crippen molar-refractivity contribution in [3.8, 4) is 18.1 Å². The standard InChI is InChI=1S/C15H18N2O4/c1-3-4-10(2)16-15(21)17-13(14(19)20)9-11-5-7-12(18)8-6-11/h1,5-8,10,13,18H,4,9H2,2H3,(H,19,20)(H2,16,17,21). The highest BCUT2D eigenvalue weighted by atomic mass is 16.4. The molecule has 6 nitrogen and oxygen atoms in total. The van der Waals surface area contributed by atoms with Gasteiger partial charge < -0.3 is 20.8 Å². The molecule has 0 aromatic heterocycles. The lowest BCUT2D eigenvalue weighted by molar-refractivity contribution is -0.139. The molecule has 0 fully saturated rings. The zero-order chi connectivity index (χ0) is 15.8. The second kappa shape index (κ2) is 7.80. The van der Waals surface area contributed by atoms with Gasteiger partial charge in [0.05, 0.1) is 0 Å². The van der Waals surface area contributed by atoms with Crippen molar-refractivity contribution in [2.75, 3.05) is 0 Å². The Morgan fingerprint density at radius 3 is 2.43 bits per heavy atom. The van der Waals surface area contributed by atoms with Gasteiger partial charge in [-0.2, -0.15) is 0 Å². The average Bonchev–Trinajstić information content (AvgIpc) is 2.40. The van der Waals surface area contributed by atoms with Crippen molar-refractivity contribution < 1.29 is 19.8 Å². The molecule has 4 N–H and O–H groups in total. The highest BCUT2D eigenvalue weighted by Gasteiger charge is 2.21. The summed E-state index contributed by atoms with van der Waals surface area (Å²) in [4.78, 5) is 22.9. The molecule has 1 aromatic carbocycles.